The van der Waals surface area contributed by atoms with Crippen molar-refractivity contribution in [3.8, 4) is 11.1 Å². The summed E-state index contributed by atoms with van der Waals surface area (Å²) in [6.07, 6.45) is 0. The number of benzene rings is 4. The summed E-state index contributed by atoms with van der Waals surface area (Å²) in [6, 6.07) is 30.2. The van der Waals surface area contributed by atoms with Crippen LogP contribution >= 0.6 is 0 Å². The smallest absolute Gasteiger partial charge is 0.255 e. The van der Waals surface area contributed by atoms with Gasteiger partial charge in [-0.25, -0.2) is 8.42 Å². The summed E-state index contributed by atoms with van der Waals surface area (Å²) in [5.41, 5.74) is 6.42. The number of carbonyl (C=O) groups excluding carboxylic acids is 2. The summed E-state index contributed by atoms with van der Waals surface area (Å²) in [6.45, 7) is 4.92. The fourth-order valence-corrected chi connectivity index (χ4v) is 6.77. The summed E-state index contributed by atoms with van der Waals surface area (Å²) in [5.74, 6) is -0.0112. The van der Waals surface area contributed by atoms with Crippen molar-refractivity contribution in [3.05, 3.63) is 114 Å². The Hall–Kier alpha value is -4.51. The van der Waals surface area contributed by atoms with E-state index in [2.05, 4.69) is 20.4 Å². The first-order chi connectivity index (χ1) is 21.8. The maximum Gasteiger partial charge on any atom is 0.255 e. The van der Waals surface area contributed by atoms with Gasteiger partial charge < -0.3 is 20.3 Å². The Kier molecular flexibility index (Phi) is 9.25. The molecule has 6 rings (SSSR count). The Bertz CT molecular complexity index is 1740. The Morgan fingerprint density at radius 2 is 1.27 bits per heavy atom. The third-order valence-electron chi connectivity index (χ3n) is 8.16. The van der Waals surface area contributed by atoms with Gasteiger partial charge >= 0.3 is 0 Å². The highest BCUT2D eigenvalue weighted by Crippen LogP contribution is 2.24. The second kappa shape index (κ2) is 13.6. The van der Waals surface area contributed by atoms with Crippen LogP contribution in [0.2, 0.25) is 0 Å². The van der Waals surface area contributed by atoms with Crippen LogP contribution in [0.1, 0.15) is 26.3 Å². The third kappa shape index (κ3) is 7.96. The first kappa shape index (κ1) is 30.5. The molecule has 2 N–H and O–H groups in total. The molecule has 0 unspecified atom stereocenters. The van der Waals surface area contributed by atoms with Gasteiger partial charge in [0.15, 0.2) is 9.84 Å². The molecule has 9 nitrogen and oxygen atoms in total. The van der Waals surface area contributed by atoms with Gasteiger partial charge in [0.2, 0.25) is 0 Å². The minimum atomic E-state index is -2.90. The fourth-order valence-electron chi connectivity index (χ4n) is 5.50. The molecule has 2 aliphatic heterocycles. The summed E-state index contributed by atoms with van der Waals surface area (Å²) >= 11 is 0. The van der Waals surface area contributed by atoms with Gasteiger partial charge in [0, 0.05) is 60.9 Å². The van der Waals surface area contributed by atoms with Crippen LogP contribution in [-0.2, 0) is 21.1 Å². The lowest BCUT2D eigenvalue weighted by Gasteiger charge is -2.28. The predicted octanol–water partition coefficient (Wildman–Crippen LogP) is 4.93. The fraction of sp³-hybridized carbons (Fsp3) is 0.257. The van der Waals surface area contributed by atoms with Crippen LogP contribution in [0.5, 0.6) is 0 Å². The van der Waals surface area contributed by atoms with E-state index in [1.165, 1.54) is 0 Å². The van der Waals surface area contributed by atoms with Crippen LogP contribution in [0.4, 0.5) is 17.1 Å². The van der Waals surface area contributed by atoms with Gasteiger partial charge in [-0.1, -0.05) is 36.4 Å². The van der Waals surface area contributed by atoms with E-state index in [0.717, 1.165) is 54.4 Å². The molecule has 10 heteroatoms. The van der Waals surface area contributed by atoms with Gasteiger partial charge in [0.1, 0.15) is 0 Å². The van der Waals surface area contributed by atoms with Crippen molar-refractivity contribution in [2.24, 2.45) is 0 Å². The molecule has 0 bridgehead atoms. The lowest BCUT2D eigenvalue weighted by atomic mass is 10.0. The van der Waals surface area contributed by atoms with Crippen LogP contribution in [-0.4, -0.2) is 76.0 Å². The molecule has 2 heterocycles. The minimum absolute atomic E-state index is 0.193. The molecule has 2 aliphatic rings. The van der Waals surface area contributed by atoms with Crippen molar-refractivity contribution < 1.29 is 22.7 Å². The standard InChI is InChI=1S/C35H36N4O5S/c40-34(36-31-10-4-26(5-11-31)25-38-18-22-45(42,43)23-19-38)28-8-6-27(7-9-28)29-2-1-3-30(24-29)35(41)37-32-12-14-33(15-13-32)39-16-20-44-21-17-39/h1-15,24H,16-23,25H2,(H,36,40)(H,37,41). The molecule has 45 heavy (non-hydrogen) atoms. The quantitative estimate of drug-likeness (QED) is 0.286. The van der Waals surface area contributed by atoms with Crippen LogP contribution in [0.3, 0.4) is 0 Å². The van der Waals surface area contributed by atoms with Crippen molar-refractivity contribution >= 4 is 38.7 Å². The zero-order chi connectivity index (χ0) is 31.2. The summed E-state index contributed by atoms with van der Waals surface area (Å²) < 4.78 is 28.7. The Balaban J connectivity index is 1.03. The van der Waals surface area contributed by atoms with Gasteiger partial charge in [-0.3, -0.25) is 14.5 Å². The van der Waals surface area contributed by atoms with Crippen LogP contribution < -0.4 is 15.5 Å². The highest BCUT2D eigenvalue weighted by molar-refractivity contribution is 7.91. The third-order valence-corrected chi connectivity index (χ3v) is 9.77. The lowest BCUT2D eigenvalue weighted by molar-refractivity contribution is 0.101. The minimum Gasteiger partial charge on any atom is -0.378 e. The predicted molar refractivity (Wildman–Crippen MR) is 178 cm³/mol. The Morgan fingerprint density at radius 3 is 1.91 bits per heavy atom. The number of rotatable bonds is 8. The number of morpholine rings is 1. The number of nitrogens with one attached hydrogen (secondary N) is 2. The molecule has 232 valence electrons. The molecular formula is C35H36N4O5S. The number of ether oxygens (including phenoxy) is 1. The van der Waals surface area contributed by atoms with E-state index < -0.39 is 9.84 Å². The van der Waals surface area contributed by atoms with Gasteiger partial charge in [-0.2, -0.15) is 0 Å². The Morgan fingerprint density at radius 1 is 0.667 bits per heavy atom. The van der Waals surface area contributed by atoms with E-state index in [0.29, 0.717) is 36.4 Å². The normalized spacial score (nSPS) is 16.6. The number of carbonyl (C=O) groups is 2. The molecule has 2 fully saturated rings. The van der Waals surface area contributed by atoms with Crippen molar-refractivity contribution in [2.45, 2.75) is 6.54 Å². The maximum absolute atomic E-state index is 13.0. The number of hydrogen-bond acceptors (Lipinski definition) is 7. The highest BCUT2D eigenvalue weighted by atomic mass is 32.2. The topological polar surface area (TPSA) is 108 Å². The molecule has 0 radical (unpaired) electrons. The summed E-state index contributed by atoms with van der Waals surface area (Å²) in [7, 11) is -2.90. The largest absolute Gasteiger partial charge is 0.378 e. The van der Waals surface area contributed by atoms with E-state index in [4.69, 9.17) is 4.74 Å². The number of hydrogen-bond donors (Lipinski definition) is 2. The average molecular weight is 625 g/mol. The van der Waals surface area contributed by atoms with Crippen molar-refractivity contribution in [3.63, 3.8) is 0 Å². The highest BCUT2D eigenvalue weighted by Gasteiger charge is 2.21. The number of amides is 2. The van der Waals surface area contributed by atoms with Gasteiger partial charge in [-0.15, -0.1) is 0 Å². The average Bonchev–Trinajstić information content (AvgIpc) is 3.07. The van der Waals surface area contributed by atoms with E-state index in [1.807, 2.05) is 78.9 Å². The monoisotopic (exact) mass is 624 g/mol. The molecule has 0 aliphatic carbocycles. The van der Waals surface area contributed by atoms with Crippen molar-refractivity contribution in [1.29, 1.82) is 0 Å². The van der Waals surface area contributed by atoms with Crippen LogP contribution in [0.25, 0.3) is 11.1 Å². The molecule has 0 saturated carbocycles. The van der Waals surface area contributed by atoms with E-state index in [9.17, 15) is 18.0 Å². The molecular weight excluding hydrogens is 588 g/mol. The second-order valence-corrected chi connectivity index (χ2v) is 13.6. The van der Waals surface area contributed by atoms with Gasteiger partial charge in [0.05, 0.1) is 24.7 Å². The molecule has 0 atom stereocenters. The SMILES string of the molecule is O=C(Nc1ccc(CN2CCS(=O)(=O)CC2)cc1)c1ccc(-c2cccc(C(=O)Nc3ccc(N4CCOCC4)cc3)c2)cc1. The van der Waals surface area contributed by atoms with E-state index in [1.54, 1.807) is 18.2 Å². The first-order valence-electron chi connectivity index (χ1n) is 15.1. The number of nitrogens with zero attached hydrogens (tertiary/aromatic N) is 2. The number of sulfone groups is 1. The first-order valence-corrected chi connectivity index (χ1v) is 16.9. The second-order valence-electron chi connectivity index (χ2n) is 11.3. The van der Waals surface area contributed by atoms with Crippen molar-refractivity contribution in [1.82, 2.24) is 4.90 Å². The molecule has 0 spiro atoms. The molecule has 2 saturated heterocycles. The van der Waals surface area contributed by atoms with Gasteiger partial charge in [0.25, 0.3) is 11.8 Å². The van der Waals surface area contributed by atoms with E-state index in [-0.39, 0.29) is 23.3 Å². The lowest BCUT2D eigenvalue weighted by Crippen LogP contribution is -2.39. The number of anilines is 3. The van der Waals surface area contributed by atoms with Crippen LogP contribution in [0.15, 0.2) is 97.1 Å². The molecule has 4 aromatic rings. The van der Waals surface area contributed by atoms with Crippen LogP contribution in [0, 0.1) is 0 Å². The zero-order valence-corrected chi connectivity index (χ0v) is 25.8. The molecule has 4 aromatic carbocycles. The Labute approximate surface area is 263 Å². The summed E-state index contributed by atoms with van der Waals surface area (Å²) in [4.78, 5) is 30.3. The summed E-state index contributed by atoms with van der Waals surface area (Å²) in [5, 5.41) is 5.92. The van der Waals surface area contributed by atoms with E-state index >= 15 is 0 Å². The molecule has 2 amide bonds. The van der Waals surface area contributed by atoms with Crippen molar-refractivity contribution in [2.75, 3.05) is 66.4 Å². The maximum atomic E-state index is 13.0. The van der Waals surface area contributed by atoms with Gasteiger partial charge in [-0.05, 0) is 77.4 Å². The molecule has 0 aromatic heterocycles. The zero-order valence-electron chi connectivity index (χ0n) is 24.9.